The van der Waals surface area contributed by atoms with Gasteiger partial charge in [-0.05, 0) is 6.07 Å². The minimum Gasteiger partial charge on any atom is -0.291 e. The van der Waals surface area contributed by atoms with E-state index in [0.29, 0.717) is 10.5 Å². The van der Waals surface area contributed by atoms with Crippen molar-refractivity contribution in [3.8, 4) is 0 Å². The summed E-state index contributed by atoms with van der Waals surface area (Å²) in [6.07, 6.45) is -2.86. The van der Waals surface area contributed by atoms with E-state index in [1.54, 1.807) is 18.2 Å². The van der Waals surface area contributed by atoms with Crippen LogP contribution in [-0.2, 0) is 0 Å². The predicted octanol–water partition coefficient (Wildman–Crippen LogP) is 2.45. The van der Waals surface area contributed by atoms with Gasteiger partial charge in [0.1, 0.15) is 0 Å². The molecule has 15 heavy (non-hydrogen) atoms. The van der Waals surface area contributed by atoms with E-state index in [4.69, 9.17) is 0 Å². The summed E-state index contributed by atoms with van der Waals surface area (Å²) < 4.78 is 38.0. The van der Waals surface area contributed by atoms with Gasteiger partial charge in [-0.1, -0.05) is 18.2 Å². The molecule has 2 nitrogen and oxygen atoms in total. The summed E-state index contributed by atoms with van der Waals surface area (Å²) in [5, 5.41) is 0. The van der Waals surface area contributed by atoms with Gasteiger partial charge in [0.15, 0.2) is 0 Å². The number of para-hydroxylation sites is 1. The third-order valence-electron chi connectivity index (χ3n) is 2.22. The summed E-state index contributed by atoms with van der Waals surface area (Å²) in [5.74, 6) is 0. The maximum Gasteiger partial charge on any atom is 0.485 e. The Bertz CT molecular complexity index is 384. The molecular weight excluding hydrogens is 205 g/mol. The largest absolute Gasteiger partial charge is 0.485 e. The Balaban J connectivity index is 2.47. The van der Waals surface area contributed by atoms with Crippen LogP contribution in [-0.4, -0.2) is 25.6 Å². The Morgan fingerprint density at radius 3 is 2.67 bits per heavy atom. The number of halogens is 3. The topological polar surface area (TPSA) is 15.6 Å². The Morgan fingerprint density at radius 1 is 1.20 bits per heavy atom. The zero-order chi connectivity index (χ0) is 10.9. The van der Waals surface area contributed by atoms with Crippen LogP contribution in [0.1, 0.15) is 5.56 Å². The van der Waals surface area contributed by atoms with Crippen LogP contribution in [0, 0.1) is 0 Å². The van der Waals surface area contributed by atoms with E-state index in [2.05, 4.69) is 4.99 Å². The molecule has 1 aromatic carbocycles. The van der Waals surface area contributed by atoms with Gasteiger partial charge in [-0.2, -0.15) is 13.2 Å². The number of fused-ring (bicyclic) bond motifs is 1. The first-order valence-electron chi connectivity index (χ1n) is 4.52. The molecule has 0 bridgehead atoms. The molecule has 0 aromatic heterocycles. The van der Waals surface area contributed by atoms with Gasteiger partial charge >= 0.3 is 6.30 Å². The number of hydrogen-bond acceptors (Lipinski definition) is 2. The highest BCUT2D eigenvalue weighted by molar-refractivity contribution is 5.88. The number of nitrogens with zero attached hydrogens (tertiary/aromatic N) is 2. The van der Waals surface area contributed by atoms with E-state index in [0.717, 1.165) is 0 Å². The van der Waals surface area contributed by atoms with Crippen LogP contribution in [0.25, 0.3) is 0 Å². The highest BCUT2D eigenvalue weighted by atomic mass is 19.4. The van der Waals surface area contributed by atoms with Crippen molar-refractivity contribution < 1.29 is 13.2 Å². The molecule has 0 aliphatic carbocycles. The molecule has 0 N–H and O–H groups in total. The van der Waals surface area contributed by atoms with Gasteiger partial charge in [-0.15, -0.1) is 0 Å². The van der Waals surface area contributed by atoms with E-state index in [9.17, 15) is 13.2 Å². The third-order valence-corrected chi connectivity index (χ3v) is 2.22. The SMILES string of the molecule is FC(F)(F)N1CCN=Cc2ccccc21. The molecule has 0 saturated carbocycles. The van der Waals surface area contributed by atoms with E-state index in [-0.39, 0.29) is 18.8 Å². The summed E-state index contributed by atoms with van der Waals surface area (Å²) in [6.45, 7) is 0.0329. The molecule has 0 saturated heterocycles. The van der Waals surface area contributed by atoms with E-state index in [1.807, 2.05) is 0 Å². The van der Waals surface area contributed by atoms with Crippen LogP contribution >= 0.6 is 0 Å². The number of benzodiazepines with no additional fused rings is 1. The van der Waals surface area contributed by atoms with E-state index < -0.39 is 6.30 Å². The van der Waals surface area contributed by atoms with Crippen LogP contribution < -0.4 is 4.90 Å². The zero-order valence-corrected chi connectivity index (χ0v) is 7.83. The molecule has 1 heterocycles. The molecule has 1 aliphatic rings. The lowest BCUT2D eigenvalue weighted by molar-refractivity contribution is -0.128. The van der Waals surface area contributed by atoms with Gasteiger partial charge in [-0.25, -0.2) is 0 Å². The van der Waals surface area contributed by atoms with Crippen molar-refractivity contribution >= 4 is 11.9 Å². The van der Waals surface area contributed by atoms with Gasteiger partial charge in [0.2, 0.25) is 0 Å². The number of rotatable bonds is 0. The smallest absolute Gasteiger partial charge is 0.291 e. The highest BCUT2D eigenvalue weighted by Gasteiger charge is 2.38. The zero-order valence-electron chi connectivity index (χ0n) is 7.83. The molecule has 1 aromatic rings. The molecule has 0 unspecified atom stereocenters. The number of alkyl halides is 3. The molecule has 0 spiro atoms. The molecule has 2 rings (SSSR count). The molecule has 0 atom stereocenters. The van der Waals surface area contributed by atoms with E-state index >= 15 is 0 Å². The fourth-order valence-electron chi connectivity index (χ4n) is 1.55. The van der Waals surface area contributed by atoms with E-state index in [1.165, 1.54) is 12.3 Å². The first kappa shape index (κ1) is 10.0. The van der Waals surface area contributed by atoms with Gasteiger partial charge in [0, 0.05) is 18.3 Å². The Morgan fingerprint density at radius 2 is 1.93 bits per heavy atom. The Kier molecular flexibility index (Phi) is 2.38. The fourth-order valence-corrected chi connectivity index (χ4v) is 1.55. The average molecular weight is 214 g/mol. The molecule has 80 valence electrons. The summed E-state index contributed by atoms with van der Waals surface area (Å²) in [7, 11) is 0. The van der Waals surface area contributed by atoms with Crippen molar-refractivity contribution in [2.75, 3.05) is 18.0 Å². The highest BCUT2D eigenvalue weighted by Crippen LogP contribution is 2.31. The third kappa shape index (κ3) is 1.95. The van der Waals surface area contributed by atoms with Crippen LogP contribution in [0.2, 0.25) is 0 Å². The van der Waals surface area contributed by atoms with Crippen molar-refractivity contribution in [2.45, 2.75) is 6.30 Å². The molecule has 0 amide bonds. The molecular formula is C10H9F3N2. The first-order chi connectivity index (χ1) is 7.09. The van der Waals surface area contributed by atoms with Gasteiger partial charge in [-0.3, -0.25) is 9.89 Å². The predicted molar refractivity (Wildman–Crippen MR) is 52.3 cm³/mol. The molecule has 1 aliphatic heterocycles. The average Bonchev–Trinajstić information content (AvgIpc) is 2.38. The monoisotopic (exact) mass is 214 g/mol. The van der Waals surface area contributed by atoms with Crippen molar-refractivity contribution in [1.82, 2.24) is 0 Å². The maximum absolute atomic E-state index is 12.7. The van der Waals surface area contributed by atoms with Crippen LogP contribution in [0.5, 0.6) is 0 Å². The molecule has 5 heteroatoms. The van der Waals surface area contributed by atoms with Gasteiger partial charge in [0.25, 0.3) is 0 Å². The second-order valence-corrected chi connectivity index (χ2v) is 3.21. The lowest BCUT2D eigenvalue weighted by Gasteiger charge is -2.26. The van der Waals surface area contributed by atoms with Crippen LogP contribution in [0.15, 0.2) is 29.3 Å². The summed E-state index contributed by atoms with van der Waals surface area (Å²) in [6, 6.07) is 6.38. The second-order valence-electron chi connectivity index (χ2n) is 3.21. The summed E-state index contributed by atoms with van der Waals surface area (Å²) in [4.78, 5) is 4.34. The van der Waals surface area contributed by atoms with Crippen molar-refractivity contribution in [3.63, 3.8) is 0 Å². The quantitative estimate of drug-likeness (QED) is 0.605. The van der Waals surface area contributed by atoms with Gasteiger partial charge < -0.3 is 0 Å². The summed E-state index contributed by atoms with van der Waals surface area (Å²) >= 11 is 0. The van der Waals surface area contributed by atoms with Crippen LogP contribution in [0.4, 0.5) is 18.9 Å². The normalized spacial score (nSPS) is 16.1. The Labute approximate surface area is 85.0 Å². The Hall–Kier alpha value is -1.52. The van der Waals surface area contributed by atoms with Crippen molar-refractivity contribution in [1.29, 1.82) is 0 Å². The van der Waals surface area contributed by atoms with Crippen LogP contribution in [0.3, 0.4) is 0 Å². The minimum absolute atomic E-state index is 0.128. The minimum atomic E-state index is -4.34. The lowest BCUT2D eigenvalue weighted by Crippen LogP contribution is -2.39. The van der Waals surface area contributed by atoms with Gasteiger partial charge in [0.05, 0.1) is 12.2 Å². The number of aliphatic imine (C=N–C) groups is 1. The maximum atomic E-state index is 12.7. The lowest BCUT2D eigenvalue weighted by atomic mass is 10.2. The summed E-state index contributed by atoms with van der Waals surface area (Å²) in [5.41, 5.74) is 0.679. The number of hydrogen-bond donors (Lipinski definition) is 0. The first-order valence-corrected chi connectivity index (χ1v) is 4.52. The van der Waals surface area contributed by atoms with Crippen molar-refractivity contribution in [2.24, 2.45) is 4.99 Å². The number of benzene rings is 1. The fraction of sp³-hybridized carbons (Fsp3) is 0.300. The molecule has 0 fully saturated rings. The second kappa shape index (κ2) is 3.56. The molecule has 0 radical (unpaired) electrons. The van der Waals surface area contributed by atoms with Crippen molar-refractivity contribution in [3.05, 3.63) is 29.8 Å². The standard InChI is InChI=1S/C10H9F3N2/c11-10(12,13)15-6-5-14-7-8-3-1-2-4-9(8)15/h1-4,7H,5-6H2. The number of anilines is 1.